The molecule has 1 rings (SSSR count). The lowest BCUT2D eigenvalue weighted by atomic mass is 10.0. The predicted octanol–water partition coefficient (Wildman–Crippen LogP) is 2.76. The molecule has 3 nitrogen and oxygen atoms in total. The number of hydrogen-bond acceptors (Lipinski definition) is 2. The van der Waals surface area contributed by atoms with Gasteiger partial charge in [-0.3, -0.25) is 10.1 Å². The van der Waals surface area contributed by atoms with Crippen LogP contribution in [0.4, 0.5) is 0 Å². The minimum atomic E-state index is -0.824. The molecule has 94 valence electrons. The minimum Gasteiger partial charge on any atom is -0.480 e. The molecular weight excluding hydrogens is 214 g/mol. The molecule has 0 heterocycles. The first-order valence-electron chi connectivity index (χ1n) is 6.16. The molecule has 1 aromatic carbocycles. The molecule has 0 radical (unpaired) electrons. The first kappa shape index (κ1) is 13.7. The molecule has 0 spiro atoms. The molecule has 0 saturated heterocycles. The van der Waals surface area contributed by atoms with Crippen molar-refractivity contribution in [2.75, 3.05) is 0 Å². The van der Waals surface area contributed by atoms with Gasteiger partial charge in [0.15, 0.2) is 0 Å². The summed E-state index contributed by atoms with van der Waals surface area (Å²) in [5.41, 5.74) is 2.04. The van der Waals surface area contributed by atoms with Gasteiger partial charge in [0, 0.05) is 6.04 Å². The summed E-state index contributed by atoms with van der Waals surface area (Å²) in [6.45, 7) is 6.12. The second kappa shape index (κ2) is 6.40. The highest BCUT2D eigenvalue weighted by molar-refractivity contribution is 5.75. The Hall–Kier alpha value is -1.35. The van der Waals surface area contributed by atoms with Gasteiger partial charge in [0.05, 0.1) is 0 Å². The zero-order chi connectivity index (χ0) is 12.8. The van der Waals surface area contributed by atoms with E-state index in [1.807, 2.05) is 38.1 Å². The first-order chi connectivity index (χ1) is 8.08. The molecule has 0 bridgehead atoms. The lowest BCUT2D eigenvalue weighted by molar-refractivity contribution is -0.139. The summed E-state index contributed by atoms with van der Waals surface area (Å²) < 4.78 is 0. The van der Waals surface area contributed by atoms with Crippen LogP contribution in [0.15, 0.2) is 24.3 Å². The fourth-order valence-corrected chi connectivity index (χ4v) is 1.66. The van der Waals surface area contributed by atoms with E-state index < -0.39 is 12.0 Å². The fraction of sp³-hybridized carbons (Fsp3) is 0.500. The molecular formula is C14H21NO2. The normalized spacial score (nSPS) is 14.3. The maximum absolute atomic E-state index is 11.2. The Morgan fingerprint density at radius 2 is 1.88 bits per heavy atom. The largest absolute Gasteiger partial charge is 0.480 e. The predicted molar refractivity (Wildman–Crippen MR) is 69.1 cm³/mol. The third-order valence-electron chi connectivity index (χ3n) is 3.03. The van der Waals surface area contributed by atoms with Crippen LogP contribution in [0.5, 0.6) is 0 Å². The van der Waals surface area contributed by atoms with Gasteiger partial charge in [0.1, 0.15) is 6.04 Å². The van der Waals surface area contributed by atoms with Gasteiger partial charge in [-0.05, 0) is 30.9 Å². The molecule has 0 saturated carbocycles. The fourth-order valence-electron chi connectivity index (χ4n) is 1.66. The van der Waals surface area contributed by atoms with E-state index in [-0.39, 0.29) is 6.04 Å². The Bertz CT molecular complexity index is 359. The molecule has 0 amide bonds. The van der Waals surface area contributed by atoms with Crippen LogP contribution in [0, 0.1) is 0 Å². The lowest BCUT2D eigenvalue weighted by Crippen LogP contribution is -2.34. The van der Waals surface area contributed by atoms with E-state index in [0.717, 1.165) is 18.4 Å². The number of carbonyl (C=O) groups is 1. The summed E-state index contributed by atoms with van der Waals surface area (Å²) in [6, 6.07) is 7.35. The molecule has 2 N–H and O–H groups in total. The molecule has 2 atom stereocenters. The zero-order valence-electron chi connectivity index (χ0n) is 10.7. The SMILES string of the molecule is CCc1ccc(C(NC(C)CC)C(=O)O)cc1. The molecule has 3 heteroatoms. The van der Waals surface area contributed by atoms with Crippen molar-refractivity contribution in [3.05, 3.63) is 35.4 Å². The molecule has 0 aliphatic rings. The van der Waals surface area contributed by atoms with Crippen molar-refractivity contribution in [1.29, 1.82) is 0 Å². The average molecular weight is 235 g/mol. The number of nitrogens with one attached hydrogen (secondary N) is 1. The van der Waals surface area contributed by atoms with Gasteiger partial charge < -0.3 is 5.11 Å². The number of aryl methyl sites for hydroxylation is 1. The second-order valence-electron chi connectivity index (χ2n) is 4.34. The van der Waals surface area contributed by atoms with Crippen LogP contribution in [-0.2, 0) is 11.2 Å². The summed E-state index contributed by atoms with van der Waals surface area (Å²) in [7, 11) is 0. The van der Waals surface area contributed by atoms with Gasteiger partial charge in [-0.2, -0.15) is 0 Å². The molecule has 1 aromatic rings. The van der Waals surface area contributed by atoms with Crippen molar-refractivity contribution in [2.45, 2.75) is 45.7 Å². The Balaban J connectivity index is 2.85. The van der Waals surface area contributed by atoms with Crippen LogP contribution in [0.1, 0.15) is 44.4 Å². The van der Waals surface area contributed by atoms with Crippen LogP contribution < -0.4 is 5.32 Å². The Labute approximate surface area is 103 Å². The average Bonchev–Trinajstić information content (AvgIpc) is 2.35. The van der Waals surface area contributed by atoms with E-state index in [1.54, 1.807) is 0 Å². The molecule has 0 aliphatic heterocycles. The van der Waals surface area contributed by atoms with Crippen LogP contribution in [0.3, 0.4) is 0 Å². The molecule has 0 fully saturated rings. The van der Waals surface area contributed by atoms with Gasteiger partial charge in [0.2, 0.25) is 0 Å². The van der Waals surface area contributed by atoms with Crippen molar-refractivity contribution < 1.29 is 9.90 Å². The number of carboxylic acid groups (broad SMARTS) is 1. The summed E-state index contributed by atoms with van der Waals surface area (Å²) >= 11 is 0. The summed E-state index contributed by atoms with van der Waals surface area (Å²) in [5, 5.41) is 12.4. The van der Waals surface area contributed by atoms with Crippen LogP contribution in [0.2, 0.25) is 0 Å². The highest BCUT2D eigenvalue weighted by atomic mass is 16.4. The number of hydrogen-bond donors (Lipinski definition) is 2. The maximum Gasteiger partial charge on any atom is 0.325 e. The van der Waals surface area contributed by atoms with Crippen molar-refractivity contribution >= 4 is 5.97 Å². The number of benzene rings is 1. The van der Waals surface area contributed by atoms with Crippen molar-refractivity contribution in [3.63, 3.8) is 0 Å². The quantitative estimate of drug-likeness (QED) is 0.797. The summed E-state index contributed by atoms with van der Waals surface area (Å²) in [6.07, 6.45) is 1.88. The van der Waals surface area contributed by atoms with Crippen LogP contribution in [-0.4, -0.2) is 17.1 Å². The highest BCUT2D eigenvalue weighted by Gasteiger charge is 2.20. The minimum absolute atomic E-state index is 0.196. The van der Waals surface area contributed by atoms with E-state index in [1.165, 1.54) is 5.56 Å². The monoisotopic (exact) mass is 235 g/mol. The van der Waals surface area contributed by atoms with Gasteiger partial charge in [-0.25, -0.2) is 0 Å². The summed E-state index contributed by atoms with van der Waals surface area (Å²) in [4.78, 5) is 11.2. The van der Waals surface area contributed by atoms with Crippen LogP contribution >= 0.6 is 0 Å². The third-order valence-corrected chi connectivity index (χ3v) is 3.03. The van der Waals surface area contributed by atoms with Crippen molar-refractivity contribution in [3.8, 4) is 0 Å². The molecule has 2 unspecified atom stereocenters. The topological polar surface area (TPSA) is 49.3 Å². The van der Waals surface area contributed by atoms with Gasteiger partial charge in [-0.1, -0.05) is 38.1 Å². The zero-order valence-corrected chi connectivity index (χ0v) is 10.7. The maximum atomic E-state index is 11.2. The standard InChI is InChI=1S/C14H21NO2/c1-4-10(3)15-13(14(16)17)12-8-6-11(5-2)7-9-12/h6-10,13,15H,4-5H2,1-3H3,(H,16,17). The van der Waals surface area contributed by atoms with Crippen molar-refractivity contribution in [2.24, 2.45) is 0 Å². The van der Waals surface area contributed by atoms with E-state index >= 15 is 0 Å². The number of rotatable bonds is 6. The highest BCUT2D eigenvalue weighted by Crippen LogP contribution is 2.16. The van der Waals surface area contributed by atoms with E-state index in [2.05, 4.69) is 12.2 Å². The molecule has 0 aromatic heterocycles. The molecule has 17 heavy (non-hydrogen) atoms. The smallest absolute Gasteiger partial charge is 0.325 e. The lowest BCUT2D eigenvalue weighted by Gasteiger charge is -2.19. The van der Waals surface area contributed by atoms with Gasteiger partial charge in [0.25, 0.3) is 0 Å². The van der Waals surface area contributed by atoms with E-state index in [4.69, 9.17) is 0 Å². The summed E-state index contributed by atoms with van der Waals surface area (Å²) in [5.74, 6) is -0.824. The van der Waals surface area contributed by atoms with E-state index in [9.17, 15) is 9.90 Å². The molecule has 0 aliphatic carbocycles. The van der Waals surface area contributed by atoms with E-state index in [0.29, 0.717) is 0 Å². The van der Waals surface area contributed by atoms with Crippen molar-refractivity contribution in [1.82, 2.24) is 5.32 Å². The number of aliphatic carboxylic acids is 1. The van der Waals surface area contributed by atoms with Crippen LogP contribution in [0.25, 0.3) is 0 Å². The van der Waals surface area contributed by atoms with Gasteiger partial charge in [-0.15, -0.1) is 0 Å². The second-order valence-corrected chi connectivity index (χ2v) is 4.34. The number of carboxylic acids is 1. The first-order valence-corrected chi connectivity index (χ1v) is 6.16. The Kier molecular flexibility index (Phi) is 5.16. The third kappa shape index (κ3) is 3.86. The Morgan fingerprint density at radius 1 is 1.29 bits per heavy atom. The van der Waals surface area contributed by atoms with Gasteiger partial charge >= 0.3 is 5.97 Å². The Morgan fingerprint density at radius 3 is 2.29 bits per heavy atom.